The van der Waals surface area contributed by atoms with Crippen LogP contribution in [0.4, 0.5) is 10.1 Å². The molecule has 0 unspecified atom stereocenters. The van der Waals surface area contributed by atoms with Crippen LogP contribution in [-0.4, -0.2) is 41.6 Å². The summed E-state index contributed by atoms with van der Waals surface area (Å²) in [5, 5.41) is 8.99. The van der Waals surface area contributed by atoms with Gasteiger partial charge in [-0.2, -0.15) is 5.26 Å². The Labute approximate surface area is 181 Å². The van der Waals surface area contributed by atoms with Gasteiger partial charge in [-0.25, -0.2) is 4.39 Å². The monoisotopic (exact) mass is 416 g/mol. The average Bonchev–Trinajstić information content (AvgIpc) is 2.95. The summed E-state index contributed by atoms with van der Waals surface area (Å²) in [7, 11) is 0. The number of benzene rings is 2. The highest BCUT2D eigenvalue weighted by atomic mass is 19.1. The first-order valence-electron chi connectivity index (χ1n) is 10.5. The van der Waals surface area contributed by atoms with Gasteiger partial charge in [0, 0.05) is 48.9 Å². The second-order valence-electron chi connectivity index (χ2n) is 7.89. The molecule has 2 aromatic carbocycles. The van der Waals surface area contributed by atoms with E-state index in [0.717, 1.165) is 42.3 Å². The number of carbonyl (C=O) groups is 1. The Kier molecular flexibility index (Phi) is 5.77. The van der Waals surface area contributed by atoms with Crippen LogP contribution in [0.15, 0.2) is 54.6 Å². The van der Waals surface area contributed by atoms with Gasteiger partial charge in [0.05, 0.1) is 17.2 Å². The molecule has 2 heterocycles. The predicted molar refractivity (Wildman–Crippen MR) is 119 cm³/mol. The van der Waals surface area contributed by atoms with E-state index in [1.165, 1.54) is 12.1 Å². The van der Waals surface area contributed by atoms with Crippen LogP contribution in [0.25, 0.3) is 5.69 Å². The Morgan fingerprint density at radius 3 is 2.29 bits per heavy atom. The molecule has 1 saturated heterocycles. The average molecular weight is 417 g/mol. The first kappa shape index (κ1) is 20.7. The number of carbonyl (C=O) groups excluding carboxylic acids is 1. The van der Waals surface area contributed by atoms with E-state index >= 15 is 0 Å². The van der Waals surface area contributed by atoms with Crippen LogP contribution in [0.1, 0.15) is 33.7 Å². The zero-order valence-corrected chi connectivity index (χ0v) is 17.8. The molecule has 0 saturated carbocycles. The first-order valence-corrected chi connectivity index (χ1v) is 10.5. The molecule has 0 N–H and O–H groups in total. The Morgan fingerprint density at radius 1 is 0.935 bits per heavy atom. The number of hydrogen-bond donors (Lipinski definition) is 0. The third-order valence-corrected chi connectivity index (χ3v) is 5.89. The van der Waals surface area contributed by atoms with Crippen LogP contribution < -0.4 is 4.90 Å². The second kappa shape index (κ2) is 8.65. The molecule has 0 radical (unpaired) electrons. The quantitative estimate of drug-likeness (QED) is 0.634. The lowest BCUT2D eigenvalue weighted by atomic mass is 10.2. The number of halogens is 1. The number of aromatic nitrogens is 1. The number of amides is 1. The molecule has 31 heavy (non-hydrogen) atoms. The highest BCUT2D eigenvalue weighted by Gasteiger charge is 2.24. The van der Waals surface area contributed by atoms with E-state index in [1.54, 1.807) is 12.1 Å². The Hall–Kier alpha value is -3.59. The van der Waals surface area contributed by atoms with Gasteiger partial charge in [-0.3, -0.25) is 4.79 Å². The van der Waals surface area contributed by atoms with E-state index in [9.17, 15) is 9.18 Å². The van der Waals surface area contributed by atoms with Crippen molar-refractivity contribution in [3.63, 3.8) is 0 Å². The summed E-state index contributed by atoms with van der Waals surface area (Å²) in [6, 6.07) is 18.0. The fraction of sp³-hybridized carbons (Fsp3) is 0.280. The molecule has 0 bridgehead atoms. The summed E-state index contributed by atoms with van der Waals surface area (Å²) in [5.41, 5.74) is 5.06. The van der Waals surface area contributed by atoms with E-state index in [2.05, 4.69) is 11.0 Å². The highest BCUT2D eigenvalue weighted by Crippen LogP contribution is 2.24. The van der Waals surface area contributed by atoms with Gasteiger partial charge in [0.1, 0.15) is 5.82 Å². The van der Waals surface area contributed by atoms with Crippen LogP contribution >= 0.6 is 0 Å². The second-order valence-corrected chi connectivity index (χ2v) is 7.89. The molecular weight excluding hydrogens is 391 g/mol. The van der Waals surface area contributed by atoms with E-state index in [-0.39, 0.29) is 11.7 Å². The van der Waals surface area contributed by atoms with Gasteiger partial charge in [-0.15, -0.1) is 0 Å². The molecule has 3 aromatic rings. The maximum Gasteiger partial charge on any atom is 0.255 e. The van der Waals surface area contributed by atoms with Gasteiger partial charge in [0.15, 0.2) is 0 Å². The summed E-state index contributed by atoms with van der Waals surface area (Å²) in [5.74, 6) is -0.248. The van der Waals surface area contributed by atoms with Crippen molar-refractivity contribution >= 4 is 11.6 Å². The predicted octanol–water partition coefficient (Wildman–Crippen LogP) is 4.46. The minimum absolute atomic E-state index is 0.0307. The Balaban J connectivity index is 1.51. The summed E-state index contributed by atoms with van der Waals surface area (Å²) in [6.45, 7) is 6.84. The van der Waals surface area contributed by atoms with Crippen molar-refractivity contribution in [3.05, 3.63) is 82.9 Å². The number of rotatable bonds is 3. The largest absolute Gasteiger partial charge is 0.370 e. The number of nitrogens with zero attached hydrogens (tertiary/aromatic N) is 4. The van der Waals surface area contributed by atoms with Gasteiger partial charge in [-0.05, 0) is 74.9 Å². The lowest BCUT2D eigenvalue weighted by Gasteiger charge is -2.24. The number of aryl methyl sites for hydroxylation is 1. The number of anilines is 1. The van der Waals surface area contributed by atoms with E-state index in [4.69, 9.17) is 5.26 Å². The van der Waals surface area contributed by atoms with Crippen molar-refractivity contribution in [2.75, 3.05) is 31.1 Å². The van der Waals surface area contributed by atoms with Gasteiger partial charge in [0.2, 0.25) is 0 Å². The maximum atomic E-state index is 13.3. The Morgan fingerprint density at radius 2 is 1.61 bits per heavy atom. The molecule has 1 amide bonds. The number of nitriles is 1. The topological polar surface area (TPSA) is 52.3 Å². The van der Waals surface area contributed by atoms with E-state index in [1.807, 2.05) is 53.6 Å². The summed E-state index contributed by atoms with van der Waals surface area (Å²) in [6.07, 6.45) is 0.877. The molecule has 1 aromatic heterocycles. The maximum absolute atomic E-state index is 13.3. The van der Waals surface area contributed by atoms with Crippen LogP contribution in [0.2, 0.25) is 0 Å². The molecule has 1 aliphatic rings. The standard InChI is InChI=1S/C25H25FN4O/c1-18-16-24(19(2)30(18)23-10-6-21(26)7-11-23)25(31)29-13-3-12-28(14-15-29)22-8-4-20(17-27)5-9-22/h4-11,16H,3,12-15H2,1-2H3. The third-order valence-electron chi connectivity index (χ3n) is 5.89. The van der Waals surface area contributed by atoms with Gasteiger partial charge < -0.3 is 14.4 Å². The van der Waals surface area contributed by atoms with Gasteiger partial charge >= 0.3 is 0 Å². The summed E-state index contributed by atoms with van der Waals surface area (Å²) >= 11 is 0. The van der Waals surface area contributed by atoms with Crippen LogP contribution in [-0.2, 0) is 0 Å². The molecule has 1 fully saturated rings. The van der Waals surface area contributed by atoms with Crippen molar-refractivity contribution in [1.29, 1.82) is 5.26 Å². The zero-order chi connectivity index (χ0) is 22.0. The summed E-state index contributed by atoms with van der Waals surface area (Å²) in [4.78, 5) is 17.5. The Bertz CT molecular complexity index is 1130. The van der Waals surface area contributed by atoms with Crippen molar-refractivity contribution < 1.29 is 9.18 Å². The van der Waals surface area contributed by atoms with Crippen molar-refractivity contribution in [1.82, 2.24) is 9.47 Å². The minimum Gasteiger partial charge on any atom is -0.370 e. The molecule has 6 heteroatoms. The lowest BCUT2D eigenvalue weighted by molar-refractivity contribution is 0.0766. The van der Waals surface area contributed by atoms with E-state index < -0.39 is 0 Å². The first-order chi connectivity index (χ1) is 15.0. The van der Waals surface area contributed by atoms with Crippen molar-refractivity contribution in [2.24, 2.45) is 0 Å². The molecule has 0 aliphatic carbocycles. The molecule has 4 rings (SSSR count). The van der Waals surface area contributed by atoms with Crippen LogP contribution in [0.5, 0.6) is 0 Å². The normalized spacial score (nSPS) is 14.3. The molecule has 0 spiro atoms. The smallest absolute Gasteiger partial charge is 0.255 e. The molecular formula is C25H25FN4O. The lowest BCUT2D eigenvalue weighted by Crippen LogP contribution is -2.35. The minimum atomic E-state index is -0.279. The van der Waals surface area contributed by atoms with Crippen LogP contribution in [0, 0.1) is 31.0 Å². The van der Waals surface area contributed by atoms with Crippen LogP contribution in [0.3, 0.4) is 0 Å². The fourth-order valence-corrected chi connectivity index (χ4v) is 4.26. The fourth-order valence-electron chi connectivity index (χ4n) is 4.26. The SMILES string of the molecule is Cc1cc(C(=O)N2CCCN(c3ccc(C#N)cc3)CC2)c(C)n1-c1ccc(F)cc1. The zero-order valence-electron chi connectivity index (χ0n) is 17.8. The molecule has 1 aliphatic heterocycles. The van der Waals surface area contributed by atoms with Gasteiger partial charge in [-0.1, -0.05) is 0 Å². The molecule has 5 nitrogen and oxygen atoms in total. The van der Waals surface area contributed by atoms with E-state index in [0.29, 0.717) is 24.2 Å². The number of hydrogen-bond acceptors (Lipinski definition) is 3. The third kappa shape index (κ3) is 4.17. The molecule has 0 atom stereocenters. The van der Waals surface area contributed by atoms with Crippen molar-refractivity contribution in [2.45, 2.75) is 20.3 Å². The highest BCUT2D eigenvalue weighted by molar-refractivity contribution is 5.96. The molecule has 158 valence electrons. The van der Waals surface area contributed by atoms with Crippen molar-refractivity contribution in [3.8, 4) is 11.8 Å². The van der Waals surface area contributed by atoms with Gasteiger partial charge in [0.25, 0.3) is 5.91 Å². The summed E-state index contributed by atoms with van der Waals surface area (Å²) < 4.78 is 15.3.